The molecule has 0 aliphatic carbocycles. The second-order valence-corrected chi connectivity index (χ2v) is 3.46. The van der Waals surface area contributed by atoms with Crippen LogP contribution in [0.1, 0.15) is 18.1 Å². The van der Waals surface area contributed by atoms with Gasteiger partial charge in [-0.25, -0.2) is 4.39 Å². The zero-order valence-electron chi connectivity index (χ0n) is 9.97. The Labute approximate surface area is 95.4 Å². The molecule has 16 heavy (non-hydrogen) atoms. The summed E-state index contributed by atoms with van der Waals surface area (Å²) in [6.45, 7) is 2.33. The second kappa shape index (κ2) is 5.70. The number of ether oxygens (including phenoxy) is 2. The number of methoxy groups -OCH3 is 2. The first-order valence-electron chi connectivity index (χ1n) is 5.31. The van der Waals surface area contributed by atoms with E-state index in [4.69, 9.17) is 15.2 Å². The molecular weight excluding hydrogens is 209 g/mol. The fourth-order valence-corrected chi connectivity index (χ4v) is 1.77. The molecule has 0 bridgehead atoms. The average Bonchev–Trinajstić information content (AvgIpc) is 2.29. The summed E-state index contributed by atoms with van der Waals surface area (Å²) < 4.78 is 24.3. The van der Waals surface area contributed by atoms with Crippen molar-refractivity contribution in [3.05, 3.63) is 23.0 Å². The molecular formula is C12H18FNO2. The Morgan fingerprint density at radius 1 is 1.31 bits per heavy atom. The van der Waals surface area contributed by atoms with Gasteiger partial charge in [0.2, 0.25) is 0 Å². The summed E-state index contributed by atoms with van der Waals surface area (Å²) >= 11 is 0. The third-order valence-electron chi connectivity index (χ3n) is 2.55. The first-order chi connectivity index (χ1) is 7.69. The molecule has 1 aromatic rings. The summed E-state index contributed by atoms with van der Waals surface area (Å²) in [4.78, 5) is 0. The van der Waals surface area contributed by atoms with Crippen LogP contribution in [-0.2, 0) is 12.8 Å². The molecule has 0 radical (unpaired) electrons. The second-order valence-electron chi connectivity index (χ2n) is 3.46. The van der Waals surface area contributed by atoms with E-state index in [-0.39, 0.29) is 11.6 Å². The molecule has 0 saturated carbocycles. The van der Waals surface area contributed by atoms with Gasteiger partial charge in [-0.15, -0.1) is 0 Å². The standard InChI is InChI=1S/C12H18FNO2/c1-4-9-10(15-2)7-8(5-6-14)12(16-3)11(9)13/h7H,4-6,14H2,1-3H3. The fourth-order valence-electron chi connectivity index (χ4n) is 1.77. The van der Waals surface area contributed by atoms with Crippen LogP contribution in [0.3, 0.4) is 0 Å². The Morgan fingerprint density at radius 3 is 2.44 bits per heavy atom. The van der Waals surface area contributed by atoms with Gasteiger partial charge in [-0.05, 0) is 25.5 Å². The van der Waals surface area contributed by atoms with Gasteiger partial charge in [0, 0.05) is 11.1 Å². The fraction of sp³-hybridized carbons (Fsp3) is 0.500. The van der Waals surface area contributed by atoms with E-state index < -0.39 is 0 Å². The summed E-state index contributed by atoms with van der Waals surface area (Å²) in [5.41, 5.74) is 6.77. The summed E-state index contributed by atoms with van der Waals surface area (Å²) in [6.07, 6.45) is 1.13. The van der Waals surface area contributed by atoms with Gasteiger partial charge in [-0.2, -0.15) is 0 Å². The van der Waals surface area contributed by atoms with Crippen molar-refractivity contribution in [3.63, 3.8) is 0 Å². The summed E-state index contributed by atoms with van der Waals surface area (Å²) in [7, 11) is 3.00. The van der Waals surface area contributed by atoms with Gasteiger partial charge in [-0.1, -0.05) is 6.92 Å². The third-order valence-corrected chi connectivity index (χ3v) is 2.55. The van der Waals surface area contributed by atoms with Gasteiger partial charge >= 0.3 is 0 Å². The predicted molar refractivity (Wildman–Crippen MR) is 61.6 cm³/mol. The lowest BCUT2D eigenvalue weighted by atomic mass is 10.0. The number of halogens is 1. The molecule has 0 aliphatic heterocycles. The maximum atomic E-state index is 14.1. The molecule has 0 spiro atoms. The van der Waals surface area contributed by atoms with Crippen LogP contribution in [0.25, 0.3) is 0 Å². The minimum absolute atomic E-state index is 0.281. The molecule has 4 heteroatoms. The Hall–Kier alpha value is -1.29. The summed E-state index contributed by atoms with van der Waals surface area (Å²) in [6, 6.07) is 1.80. The third kappa shape index (κ3) is 2.27. The van der Waals surface area contributed by atoms with Gasteiger partial charge in [0.25, 0.3) is 0 Å². The molecule has 1 rings (SSSR count). The van der Waals surface area contributed by atoms with Crippen molar-refractivity contribution in [1.82, 2.24) is 0 Å². The number of hydrogen-bond donors (Lipinski definition) is 1. The molecule has 0 aromatic heterocycles. The Balaban J connectivity index is 3.35. The highest BCUT2D eigenvalue weighted by atomic mass is 19.1. The Kier molecular flexibility index (Phi) is 4.55. The zero-order valence-corrected chi connectivity index (χ0v) is 9.97. The van der Waals surface area contributed by atoms with Crippen molar-refractivity contribution >= 4 is 0 Å². The van der Waals surface area contributed by atoms with Crippen LogP contribution < -0.4 is 15.2 Å². The normalized spacial score (nSPS) is 10.3. The Bertz CT molecular complexity index is 367. The molecule has 0 aliphatic rings. The number of nitrogens with two attached hydrogens (primary N) is 1. The SMILES string of the molecule is CCc1c(OC)cc(CCN)c(OC)c1F. The summed E-state index contributed by atoms with van der Waals surface area (Å²) in [5.74, 6) is 0.500. The lowest BCUT2D eigenvalue weighted by Gasteiger charge is -2.15. The minimum Gasteiger partial charge on any atom is -0.496 e. The lowest BCUT2D eigenvalue weighted by molar-refractivity contribution is 0.367. The van der Waals surface area contributed by atoms with E-state index >= 15 is 0 Å². The van der Waals surface area contributed by atoms with Gasteiger partial charge in [0.05, 0.1) is 14.2 Å². The van der Waals surface area contributed by atoms with Crippen LogP contribution >= 0.6 is 0 Å². The van der Waals surface area contributed by atoms with Crippen LogP contribution in [0, 0.1) is 5.82 Å². The monoisotopic (exact) mass is 227 g/mol. The maximum Gasteiger partial charge on any atom is 0.172 e. The molecule has 0 saturated heterocycles. The summed E-state index contributed by atoms with van der Waals surface area (Å²) in [5, 5.41) is 0. The first kappa shape index (κ1) is 12.8. The number of hydrogen-bond acceptors (Lipinski definition) is 3. The van der Waals surface area contributed by atoms with E-state index in [9.17, 15) is 4.39 Å². The van der Waals surface area contributed by atoms with E-state index in [0.29, 0.717) is 30.7 Å². The quantitative estimate of drug-likeness (QED) is 0.835. The molecule has 2 N–H and O–H groups in total. The topological polar surface area (TPSA) is 44.5 Å². The molecule has 0 atom stereocenters. The van der Waals surface area contributed by atoms with Crippen LogP contribution in [0.5, 0.6) is 11.5 Å². The van der Waals surface area contributed by atoms with Gasteiger partial charge < -0.3 is 15.2 Å². The van der Waals surface area contributed by atoms with E-state index in [1.165, 1.54) is 14.2 Å². The zero-order chi connectivity index (χ0) is 12.1. The number of benzene rings is 1. The molecule has 90 valence electrons. The van der Waals surface area contributed by atoms with Crippen molar-refractivity contribution in [2.24, 2.45) is 5.73 Å². The van der Waals surface area contributed by atoms with E-state index in [2.05, 4.69) is 0 Å². The number of rotatable bonds is 5. The Morgan fingerprint density at radius 2 is 2.00 bits per heavy atom. The van der Waals surface area contributed by atoms with E-state index in [1.807, 2.05) is 6.92 Å². The average molecular weight is 227 g/mol. The van der Waals surface area contributed by atoms with Crippen molar-refractivity contribution in [1.29, 1.82) is 0 Å². The smallest absolute Gasteiger partial charge is 0.172 e. The largest absolute Gasteiger partial charge is 0.496 e. The molecule has 1 aromatic carbocycles. The maximum absolute atomic E-state index is 14.1. The van der Waals surface area contributed by atoms with Crippen molar-refractivity contribution in [2.45, 2.75) is 19.8 Å². The lowest BCUT2D eigenvalue weighted by Crippen LogP contribution is -2.07. The van der Waals surface area contributed by atoms with Gasteiger partial charge in [0.15, 0.2) is 11.6 Å². The molecule has 0 unspecified atom stereocenters. The van der Waals surface area contributed by atoms with Crippen molar-refractivity contribution < 1.29 is 13.9 Å². The van der Waals surface area contributed by atoms with Gasteiger partial charge in [0.1, 0.15) is 5.75 Å². The molecule has 3 nitrogen and oxygen atoms in total. The predicted octanol–water partition coefficient (Wildman–Crippen LogP) is 1.91. The minimum atomic E-state index is -0.340. The van der Waals surface area contributed by atoms with Crippen molar-refractivity contribution in [3.8, 4) is 11.5 Å². The van der Waals surface area contributed by atoms with Gasteiger partial charge in [-0.3, -0.25) is 0 Å². The van der Waals surface area contributed by atoms with Crippen molar-refractivity contribution in [2.75, 3.05) is 20.8 Å². The van der Waals surface area contributed by atoms with E-state index in [1.54, 1.807) is 6.07 Å². The highest BCUT2D eigenvalue weighted by molar-refractivity contribution is 5.48. The van der Waals surface area contributed by atoms with Crippen LogP contribution in [0.4, 0.5) is 4.39 Å². The highest BCUT2D eigenvalue weighted by Gasteiger charge is 2.17. The first-order valence-corrected chi connectivity index (χ1v) is 5.31. The van der Waals surface area contributed by atoms with E-state index in [0.717, 1.165) is 5.56 Å². The van der Waals surface area contributed by atoms with Crippen LogP contribution in [0.2, 0.25) is 0 Å². The molecule has 0 amide bonds. The molecule has 0 heterocycles. The van der Waals surface area contributed by atoms with Crippen LogP contribution in [-0.4, -0.2) is 20.8 Å². The molecule has 0 fully saturated rings. The van der Waals surface area contributed by atoms with Crippen LogP contribution in [0.15, 0.2) is 6.07 Å². The highest BCUT2D eigenvalue weighted by Crippen LogP contribution is 2.33.